The average molecular weight is 443 g/mol. The standard InChI is InChI=1S/C24H30N2O4S/c1-19(2)25-31(28,29)23-13-10-20(11-14-23)12-15-24(27)26-16-6-7-21(17-26)18-30-22-8-4-3-5-9-22/h3-5,8-15,19,21,25H,6-7,16-18H2,1-2H3/b15-12+. The Balaban J connectivity index is 1.54. The van der Waals surface area contributed by atoms with Gasteiger partial charge in [0.25, 0.3) is 0 Å². The minimum absolute atomic E-state index is 0.0393. The molecule has 3 rings (SSSR count). The van der Waals surface area contributed by atoms with Crippen molar-refractivity contribution in [2.24, 2.45) is 5.92 Å². The predicted octanol–water partition coefficient (Wildman–Crippen LogP) is 3.70. The van der Waals surface area contributed by atoms with E-state index in [4.69, 9.17) is 4.74 Å². The second kappa shape index (κ2) is 10.6. The molecule has 1 aliphatic rings. The van der Waals surface area contributed by atoms with Gasteiger partial charge in [0.2, 0.25) is 15.9 Å². The number of amides is 1. The quantitative estimate of drug-likeness (QED) is 0.633. The lowest BCUT2D eigenvalue weighted by Gasteiger charge is -2.32. The molecule has 6 nitrogen and oxygen atoms in total. The maximum Gasteiger partial charge on any atom is 0.246 e. The lowest BCUT2D eigenvalue weighted by molar-refractivity contribution is -0.127. The van der Waals surface area contributed by atoms with E-state index >= 15 is 0 Å². The topological polar surface area (TPSA) is 75.7 Å². The van der Waals surface area contributed by atoms with Crippen molar-refractivity contribution in [2.45, 2.75) is 37.6 Å². The fourth-order valence-corrected chi connectivity index (χ4v) is 4.79. The van der Waals surface area contributed by atoms with Crippen LogP contribution < -0.4 is 9.46 Å². The molecule has 1 heterocycles. The highest BCUT2D eigenvalue weighted by Gasteiger charge is 2.23. The molecule has 2 aromatic carbocycles. The molecule has 1 saturated heterocycles. The molecule has 1 unspecified atom stereocenters. The van der Waals surface area contributed by atoms with Crippen LogP contribution in [0.1, 0.15) is 32.3 Å². The minimum Gasteiger partial charge on any atom is -0.493 e. The number of carbonyl (C=O) groups is 1. The van der Waals surface area contributed by atoms with Crippen molar-refractivity contribution in [3.05, 3.63) is 66.2 Å². The highest BCUT2D eigenvalue weighted by atomic mass is 32.2. The average Bonchev–Trinajstić information content (AvgIpc) is 2.76. The van der Waals surface area contributed by atoms with Crippen LogP contribution in [0, 0.1) is 5.92 Å². The highest BCUT2D eigenvalue weighted by molar-refractivity contribution is 7.89. The first-order valence-electron chi connectivity index (χ1n) is 10.6. The Hall–Kier alpha value is -2.64. The first-order chi connectivity index (χ1) is 14.8. The molecule has 166 valence electrons. The number of hydrogen-bond donors (Lipinski definition) is 1. The monoisotopic (exact) mass is 442 g/mol. The van der Waals surface area contributed by atoms with Gasteiger partial charge in [0, 0.05) is 31.1 Å². The highest BCUT2D eigenvalue weighted by Crippen LogP contribution is 2.19. The molecule has 1 N–H and O–H groups in total. The first kappa shape index (κ1) is 23.0. The molecule has 1 aliphatic heterocycles. The summed E-state index contributed by atoms with van der Waals surface area (Å²) in [5.41, 5.74) is 0.776. The van der Waals surface area contributed by atoms with Gasteiger partial charge in [-0.15, -0.1) is 0 Å². The van der Waals surface area contributed by atoms with Gasteiger partial charge in [0.15, 0.2) is 0 Å². The number of likely N-dealkylation sites (tertiary alicyclic amines) is 1. The van der Waals surface area contributed by atoms with E-state index in [1.54, 1.807) is 50.3 Å². The van der Waals surface area contributed by atoms with Gasteiger partial charge >= 0.3 is 0 Å². The van der Waals surface area contributed by atoms with Crippen molar-refractivity contribution in [1.82, 2.24) is 9.62 Å². The number of hydrogen-bond acceptors (Lipinski definition) is 4. The van der Waals surface area contributed by atoms with Crippen molar-refractivity contribution < 1.29 is 17.9 Å². The van der Waals surface area contributed by atoms with Gasteiger partial charge in [-0.25, -0.2) is 13.1 Å². The summed E-state index contributed by atoms with van der Waals surface area (Å²) in [6.45, 7) is 5.56. The number of para-hydroxylation sites is 1. The number of nitrogens with zero attached hydrogens (tertiary/aromatic N) is 1. The Morgan fingerprint density at radius 3 is 2.55 bits per heavy atom. The van der Waals surface area contributed by atoms with Crippen molar-refractivity contribution >= 4 is 22.0 Å². The second-order valence-electron chi connectivity index (χ2n) is 8.09. The van der Waals surface area contributed by atoms with Crippen LogP contribution >= 0.6 is 0 Å². The second-order valence-corrected chi connectivity index (χ2v) is 9.81. The Bertz CT molecular complexity index is 986. The molecule has 2 aromatic rings. The molecule has 0 aromatic heterocycles. The van der Waals surface area contributed by atoms with Crippen LogP contribution in [0.4, 0.5) is 0 Å². The third-order valence-corrected chi connectivity index (χ3v) is 6.73. The lowest BCUT2D eigenvalue weighted by Crippen LogP contribution is -2.40. The lowest BCUT2D eigenvalue weighted by atomic mass is 9.99. The smallest absolute Gasteiger partial charge is 0.246 e. The van der Waals surface area contributed by atoms with Crippen molar-refractivity contribution in [3.8, 4) is 5.75 Å². The number of rotatable bonds is 8. The SMILES string of the molecule is CC(C)NS(=O)(=O)c1ccc(/C=C/C(=O)N2CCCC(COc3ccccc3)C2)cc1. The van der Waals surface area contributed by atoms with Gasteiger partial charge in [-0.2, -0.15) is 0 Å². The summed E-state index contributed by atoms with van der Waals surface area (Å²) in [4.78, 5) is 14.7. The molecule has 1 atom stereocenters. The summed E-state index contributed by atoms with van der Waals surface area (Å²) in [5.74, 6) is 1.12. The van der Waals surface area contributed by atoms with Crippen LogP contribution in [0.15, 0.2) is 65.6 Å². The Labute approximate surface area is 185 Å². The summed E-state index contributed by atoms with van der Waals surface area (Å²) < 4.78 is 32.8. The van der Waals surface area contributed by atoms with Gasteiger partial charge in [-0.1, -0.05) is 30.3 Å². The molecule has 31 heavy (non-hydrogen) atoms. The molecule has 0 spiro atoms. The number of carbonyl (C=O) groups excluding carboxylic acids is 1. The van der Waals surface area contributed by atoms with E-state index in [0.717, 1.165) is 30.7 Å². The molecule has 0 saturated carbocycles. The van der Waals surface area contributed by atoms with Gasteiger partial charge in [-0.05, 0) is 62.6 Å². The molecule has 1 amide bonds. The maximum atomic E-state index is 12.6. The third kappa shape index (κ3) is 6.94. The zero-order chi connectivity index (χ0) is 22.3. The van der Waals surface area contributed by atoms with Crippen LogP contribution in [0.3, 0.4) is 0 Å². The van der Waals surface area contributed by atoms with Crippen molar-refractivity contribution in [2.75, 3.05) is 19.7 Å². The number of benzene rings is 2. The third-order valence-electron chi connectivity index (χ3n) is 5.06. The zero-order valence-electron chi connectivity index (χ0n) is 18.0. The normalized spacial score (nSPS) is 17.3. The number of ether oxygens (including phenoxy) is 1. The van der Waals surface area contributed by atoms with E-state index in [0.29, 0.717) is 19.1 Å². The van der Waals surface area contributed by atoms with Gasteiger partial charge < -0.3 is 9.64 Å². The van der Waals surface area contributed by atoms with E-state index in [1.165, 1.54) is 0 Å². The molecule has 7 heteroatoms. The van der Waals surface area contributed by atoms with Gasteiger partial charge in [0.1, 0.15) is 5.75 Å². The molecule has 0 bridgehead atoms. The Morgan fingerprint density at radius 1 is 1.16 bits per heavy atom. The minimum atomic E-state index is -3.52. The van der Waals surface area contributed by atoms with E-state index in [2.05, 4.69) is 4.72 Å². The van der Waals surface area contributed by atoms with Crippen LogP contribution in [-0.2, 0) is 14.8 Å². The molecule has 0 radical (unpaired) electrons. The van der Waals surface area contributed by atoms with Crippen LogP contribution in [-0.4, -0.2) is 45.0 Å². The predicted molar refractivity (Wildman–Crippen MR) is 122 cm³/mol. The number of sulfonamides is 1. The largest absolute Gasteiger partial charge is 0.493 e. The van der Waals surface area contributed by atoms with E-state index < -0.39 is 10.0 Å². The Kier molecular flexibility index (Phi) is 7.87. The van der Waals surface area contributed by atoms with Crippen molar-refractivity contribution in [1.29, 1.82) is 0 Å². The molecular weight excluding hydrogens is 412 g/mol. The fourth-order valence-electron chi connectivity index (χ4n) is 3.54. The van der Waals surface area contributed by atoms with Crippen LogP contribution in [0.5, 0.6) is 5.75 Å². The maximum absolute atomic E-state index is 12.6. The zero-order valence-corrected chi connectivity index (χ0v) is 18.8. The first-order valence-corrected chi connectivity index (χ1v) is 12.1. The van der Waals surface area contributed by atoms with Crippen LogP contribution in [0.2, 0.25) is 0 Å². The summed E-state index contributed by atoms with van der Waals surface area (Å²) >= 11 is 0. The molecular formula is C24H30N2O4S. The van der Waals surface area contributed by atoms with Gasteiger partial charge in [-0.3, -0.25) is 4.79 Å². The summed E-state index contributed by atoms with van der Waals surface area (Å²) in [6.07, 6.45) is 5.27. The Morgan fingerprint density at radius 2 is 1.87 bits per heavy atom. The van der Waals surface area contributed by atoms with E-state index in [1.807, 2.05) is 35.2 Å². The number of nitrogens with one attached hydrogen (secondary N) is 1. The summed E-state index contributed by atoms with van der Waals surface area (Å²) in [6, 6.07) is 16.0. The van der Waals surface area contributed by atoms with E-state index in [-0.39, 0.29) is 16.8 Å². The van der Waals surface area contributed by atoms with Crippen molar-refractivity contribution in [3.63, 3.8) is 0 Å². The van der Waals surface area contributed by atoms with E-state index in [9.17, 15) is 13.2 Å². The van der Waals surface area contributed by atoms with Gasteiger partial charge in [0.05, 0.1) is 11.5 Å². The van der Waals surface area contributed by atoms with Crippen LogP contribution in [0.25, 0.3) is 6.08 Å². The number of piperidine rings is 1. The molecule has 1 fully saturated rings. The summed E-state index contributed by atoms with van der Waals surface area (Å²) in [7, 11) is -3.52. The molecule has 0 aliphatic carbocycles. The summed E-state index contributed by atoms with van der Waals surface area (Å²) in [5, 5.41) is 0. The fraction of sp³-hybridized carbons (Fsp3) is 0.375.